The summed E-state index contributed by atoms with van der Waals surface area (Å²) in [6.45, 7) is 7.39. The lowest BCUT2D eigenvalue weighted by Gasteiger charge is -2.38. The molecule has 0 amide bonds. The lowest BCUT2D eigenvalue weighted by atomic mass is 9.85. The molecule has 0 spiro atoms. The maximum absolute atomic E-state index is 12.1. The fourth-order valence-corrected chi connectivity index (χ4v) is 3.42. The molecule has 3 heteroatoms. The number of nitrogens with zero attached hydrogens (tertiary/aromatic N) is 1. The molecule has 0 radical (unpaired) electrons. The molecule has 0 N–H and O–H groups in total. The van der Waals surface area contributed by atoms with Gasteiger partial charge < -0.3 is 4.90 Å². The summed E-state index contributed by atoms with van der Waals surface area (Å²) < 4.78 is 0. The number of hydrogen-bond acceptors (Lipinski definition) is 3. The van der Waals surface area contributed by atoms with E-state index in [-0.39, 0.29) is 11.8 Å². The third-order valence-corrected chi connectivity index (χ3v) is 4.96. The molecule has 1 heterocycles. The second kappa shape index (κ2) is 6.65. The molecule has 0 aromatic rings. The molecule has 3 unspecified atom stereocenters. The van der Waals surface area contributed by atoms with Gasteiger partial charge in [-0.05, 0) is 26.1 Å². The van der Waals surface area contributed by atoms with Gasteiger partial charge in [0.05, 0.1) is 0 Å². The normalized spacial score (nSPS) is 32.0. The van der Waals surface area contributed by atoms with Crippen LogP contribution in [0.25, 0.3) is 0 Å². The van der Waals surface area contributed by atoms with Crippen molar-refractivity contribution in [2.45, 2.75) is 39.7 Å². The van der Waals surface area contributed by atoms with Gasteiger partial charge in [-0.2, -0.15) is 11.8 Å². The van der Waals surface area contributed by atoms with Crippen molar-refractivity contribution in [2.24, 2.45) is 11.8 Å². The standard InChI is InChI=1S/C13H25NOS/c1-5-6-7-16-9-12-8-14(4)11(3)10(2)13(12)15/h10-12H,5-9H2,1-4H3. The van der Waals surface area contributed by atoms with Crippen molar-refractivity contribution in [1.29, 1.82) is 0 Å². The van der Waals surface area contributed by atoms with Crippen LogP contribution in [0.4, 0.5) is 0 Å². The summed E-state index contributed by atoms with van der Waals surface area (Å²) in [5.41, 5.74) is 0. The Balaban J connectivity index is 2.39. The first-order chi connectivity index (χ1) is 7.57. The fourth-order valence-electron chi connectivity index (χ4n) is 2.20. The third kappa shape index (κ3) is 3.49. The Morgan fingerprint density at radius 3 is 2.75 bits per heavy atom. The Labute approximate surface area is 104 Å². The Hall–Kier alpha value is -0.0200. The van der Waals surface area contributed by atoms with E-state index in [1.807, 2.05) is 11.8 Å². The number of carbonyl (C=O) groups excluding carboxylic acids is 1. The second-order valence-corrected chi connectivity index (χ2v) is 6.15. The van der Waals surface area contributed by atoms with E-state index in [0.717, 1.165) is 12.3 Å². The molecular formula is C13H25NOS. The average Bonchev–Trinajstić information content (AvgIpc) is 2.28. The van der Waals surface area contributed by atoms with Gasteiger partial charge in [0, 0.05) is 30.2 Å². The van der Waals surface area contributed by atoms with Gasteiger partial charge in [0.25, 0.3) is 0 Å². The number of likely N-dealkylation sites (tertiary alicyclic amines) is 1. The van der Waals surface area contributed by atoms with Gasteiger partial charge in [-0.25, -0.2) is 0 Å². The smallest absolute Gasteiger partial charge is 0.142 e. The first-order valence-corrected chi connectivity index (χ1v) is 7.55. The summed E-state index contributed by atoms with van der Waals surface area (Å²) in [6.07, 6.45) is 2.52. The number of carbonyl (C=O) groups is 1. The van der Waals surface area contributed by atoms with Crippen molar-refractivity contribution < 1.29 is 4.79 Å². The van der Waals surface area contributed by atoms with E-state index in [1.165, 1.54) is 18.6 Å². The van der Waals surface area contributed by atoms with Gasteiger partial charge in [0.2, 0.25) is 0 Å². The lowest BCUT2D eigenvalue weighted by Crippen LogP contribution is -2.50. The fraction of sp³-hybridized carbons (Fsp3) is 0.923. The molecule has 2 nitrogen and oxygen atoms in total. The van der Waals surface area contributed by atoms with Crippen LogP contribution in [0.2, 0.25) is 0 Å². The van der Waals surface area contributed by atoms with Gasteiger partial charge in [-0.3, -0.25) is 4.79 Å². The largest absolute Gasteiger partial charge is 0.302 e. The van der Waals surface area contributed by atoms with Crippen LogP contribution in [0.15, 0.2) is 0 Å². The lowest BCUT2D eigenvalue weighted by molar-refractivity contribution is -0.131. The van der Waals surface area contributed by atoms with Crippen LogP contribution in [-0.4, -0.2) is 41.8 Å². The quantitative estimate of drug-likeness (QED) is 0.692. The second-order valence-electron chi connectivity index (χ2n) is 5.00. The average molecular weight is 243 g/mol. The number of thioether (sulfide) groups is 1. The maximum atomic E-state index is 12.1. The van der Waals surface area contributed by atoms with Gasteiger partial charge in [-0.1, -0.05) is 20.3 Å². The molecule has 0 aromatic heterocycles. The van der Waals surface area contributed by atoms with E-state index in [4.69, 9.17) is 0 Å². The highest BCUT2D eigenvalue weighted by molar-refractivity contribution is 7.99. The minimum absolute atomic E-state index is 0.204. The Morgan fingerprint density at radius 2 is 2.12 bits per heavy atom. The van der Waals surface area contributed by atoms with Crippen molar-refractivity contribution in [3.8, 4) is 0 Å². The zero-order chi connectivity index (χ0) is 12.1. The van der Waals surface area contributed by atoms with E-state index in [0.29, 0.717) is 11.8 Å². The monoisotopic (exact) mass is 243 g/mol. The molecule has 1 saturated heterocycles. The van der Waals surface area contributed by atoms with E-state index < -0.39 is 0 Å². The molecule has 0 bridgehead atoms. The number of hydrogen-bond donors (Lipinski definition) is 0. The third-order valence-electron chi connectivity index (χ3n) is 3.74. The Bertz CT molecular complexity index is 232. The zero-order valence-corrected chi connectivity index (χ0v) is 11.8. The van der Waals surface area contributed by atoms with Crippen LogP contribution in [0, 0.1) is 11.8 Å². The highest BCUT2D eigenvalue weighted by Gasteiger charge is 2.35. The van der Waals surface area contributed by atoms with Crippen LogP contribution in [0.3, 0.4) is 0 Å². The highest BCUT2D eigenvalue weighted by atomic mass is 32.2. The minimum Gasteiger partial charge on any atom is -0.302 e. The van der Waals surface area contributed by atoms with Crippen LogP contribution in [0.5, 0.6) is 0 Å². The van der Waals surface area contributed by atoms with Gasteiger partial charge in [-0.15, -0.1) is 0 Å². The molecule has 1 aliphatic rings. The molecule has 94 valence electrons. The predicted molar refractivity (Wildman–Crippen MR) is 72.0 cm³/mol. The SMILES string of the molecule is CCCCSCC1CN(C)C(C)C(C)C1=O. The summed E-state index contributed by atoms with van der Waals surface area (Å²) in [7, 11) is 2.14. The molecule has 1 rings (SSSR count). The van der Waals surface area contributed by atoms with E-state index in [9.17, 15) is 4.79 Å². The van der Waals surface area contributed by atoms with E-state index >= 15 is 0 Å². The summed E-state index contributed by atoms with van der Waals surface area (Å²) in [5, 5.41) is 0. The van der Waals surface area contributed by atoms with Crippen LogP contribution >= 0.6 is 11.8 Å². The first-order valence-electron chi connectivity index (χ1n) is 6.39. The van der Waals surface area contributed by atoms with E-state index in [2.05, 4.69) is 32.7 Å². The van der Waals surface area contributed by atoms with Gasteiger partial charge >= 0.3 is 0 Å². The summed E-state index contributed by atoms with van der Waals surface area (Å²) in [6, 6.07) is 0.407. The minimum atomic E-state index is 0.204. The van der Waals surface area contributed by atoms with Crippen molar-refractivity contribution in [1.82, 2.24) is 4.90 Å². The number of rotatable bonds is 5. The number of Topliss-reactive ketones (excluding diaryl/α,β-unsaturated/α-hetero) is 1. The highest BCUT2D eigenvalue weighted by Crippen LogP contribution is 2.25. The molecule has 0 saturated carbocycles. The Morgan fingerprint density at radius 1 is 1.44 bits per heavy atom. The van der Waals surface area contributed by atoms with Crippen molar-refractivity contribution in [3.63, 3.8) is 0 Å². The Kier molecular flexibility index (Phi) is 5.84. The zero-order valence-electron chi connectivity index (χ0n) is 11.0. The molecule has 1 fully saturated rings. The molecular weight excluding hydrogens is 218 g/mol. The molecule has 0 aromatic carbocycles. The number of piperidine rings is 1. The van der Waals surface area contributed by atoms with Crippen LogP contribution in [-0.2, 0) is 4.79 Å². The molecule has 3 atom stereocenters. The molecule has 16 heavy (non-hydrogen) atoms. The van der Waals surface area contributed by atoms with Crippen molar-refractivity contribution >= 4 is 17.5 Å². The van der Waals surface area contributed by atoms with Crippen LogP contribution < -0.4 is 0 Å². The van der Waals surface area contributed by atoms with Gasteiger partial charge in [0.1, 0.15) is 5.78 Å². The van der Waals surface area contributed by atoms with Crippen LogP contribution in [0.1, 0.15) is 33.6 Å². The molecule has 0 aliphatic carbocycles. The molecule has 1 aliphatic heterocycles. The number of unbranched alkanes of at least 4 members (excludes halogenated alkanes) is 1. The number of ketones is 1. The van der Waals surface area contributed by atoms with Crippen molar-refractivity contribution in [3.05, 3.63) is 0 Å². The summed E-state index contributed by atoms with van der Waals surface area (Å²) >= 11 is 1.95. The van der Waals surface area contributed by atoms with Gasteiger partial charge in [0.15, 0.2) is 0 Å². The van der Waals surface area contributed by atoms with E-state index in [1.54, 1.807) is 0 Å². The van der Waals surface area contributed by atoms with Crippen molar-refractivity contribution in [2.75, 3.05) is 25.1 Å². The first kappa shape index (κ1) is 14.0. The topological polar surface area (TPSA) is 20.3 Å². The summed E-state index contributed by atoms with van der Waals surface area (Å²) in [5.74, 6) is 3.16. The summed E-state index contributed by atoms with van der Waals surface area (Å²) in [4.78, 5) is 14.4. The predicted octanol–water partition coefficient (Wildman–Crippen LogP) is 2.68. The maximum Gasteiger partial charge on any atom is 0.142 e.